The predicted molar refractivity (Wildman–Crippen MR) is 86.8 cm³/mol. The lowest BCUT2D eigenvalue weighted by atomic mass is 10.1. The average molecular weight is 308 g/mol. The molecule has 0 unspecified atom stereocenters. The summed E-state index contributed by atoms with van der Waals surface area (Å²) in [7, 11) is 0. The fourth-order valence-electron chi connectivity index (χ4n) is 2.46. The van der Waals surface area contributed by atoms with Crippen LogP contribution in [0.4, 0.5) is 0 Å². The number of fused-ring (bicyclic) bond motifs is 1. The van der Waals surface area contributed by atoms with Crippen LogP contribution in [0.25, 0.3) is 11.0 Å². The van der Waals surface area contributed by atoms with Crippen LogP contribution in [0.15, 0.2) is 18.2 Å². The first-order valence-corrected chi connectivity index (χ1v) is 7.67. The smallest absolute Gasteiger partial charge is 0.240 e. The van der Waals surface area contributed by atoms with E-state index in [9.17, 15) is 4.79 Å². The molecule has 0 spiro atoms. The number of hydrogen-bond donors (Lipinski definition) is 1. The minimum atomic E-state index is -0.241. The highest BCUT2D eigenvalue weighted by atomic mass is 35.5. The number of alkyl halides is 1. The van der Waals surface area contributed by atoms with Gasteiger partial charge in [0.15, 0.2) is 0 Å². The molecule has 0 bridgehead atoms. The third-order valence-corrected chi connectivity index (χ3v) is 3.37. The zero-order valence-electron chi connectivity index (χ0n) is 13.0. The number of nitrogens with one attached hydrogen (secondary N) is 1. The fraction of sp³-hybridized carbons (Fsp3) is 0.500. The first kappa shape index (κ1) is 15.8. The molecule has 4 nitrogen and oxygen atoms in total. The molecule has 1 amide bonds. The molecule has 0 saturated heterocycles. The molecule has 1 heterocycles. The Morgan fingerprint density at radius 1 is 1.38 bits per heavy atom. The van der Waals surface area contributed by atoms with Crippen molar-refractivity contribution in [3.05, 3.63) is 29.6 Å². The summed E-state index contributed by atoms with van der Waals surface area (Å²) < 4.78 is 1.98. The molecule has 2 rings (SSSR count). The van der Waals surface area contributed by atoms with Gasteiger partial charge in [-0.15, -0.1) is 11.6 Å². The van der Waals surface area contributed by atoms with E-state index in [2.05, 4.69) is 10.3 Å². The van der Waals surface area contributed by atoms with Crippen LogP contribution < -0.4 is 5.32 Å². The number of halogens is 1. The standard InChI is InChI=1S/C16H22ClN3O/c1-11-6-5-7-12-15(11)20(13(18-12)8-9-17)10-14(21)19-16(2,3)4/h5-7H,8-10H2,1-4H3,(H,19,21). The summed E-state index contributed by atoms with van der Waals surface area (Å²) in [6.07, 6.45) is 0.651. The van der Waals surface area contributed by atoms with E-state index in [1.807, 2.05) is 50.5 Å². The Balaban J connectivity index is 2.40. The molecular weight excluding hydrogens is 286 g/mol. The highest BCUT2D eigenvalue weighted by Gasteiger charge is 2.18. The summed E-state index contributed by atoms with van der Waals surface area (Å²) in [5.41, 5.74) is 2.81. The summed E-state index contributed by atoms with van der Waals surface area (Å²) in [5.74, 6) is 1.34. The molecule has 2 aromatic rings. The van der Waals surface area contributed by atoms with Gasteiger partial charge in [0.1, 0.15) is 12.4 Å². The zero-order valence-corrected chi connectivity index (χ0v) is 13.8. The molecule has 1 aromatic heterocycles. The highest BCUT2D eigenvalue weighted by molar-refractivity contribution is 6.17. The largest absolute Gasteiger partial charge is 0.350 e. The minimum absolute atomic E-state index is 0.0131. The first-order chi connectivity index (χ1) is 9.81. The maximum Gasteiger partial charge on any atom is 0.240 e. The van der Waals surface area contributed by atoms with Crippen LogP contribution in [0, 0.1) is 6.92 Å². The molecule has 1 N–H and O–H groups in total. The predicted octanol–water partition coefficient (Wildman–Crippen LogP) is 3.04. The Hall–Kier alpha value is -1.55. The molecule has 0 fully saturated rings. The molecule has 114 valence electrons. The maximum absolute atomic E-state index is 12.2. The molecule has 21 heavy (non-hydrogen) atoms. The van der Waals surface area contributed by atoms with Crippen molar-refractivity contribution in [3.63, 3.8) is 0 Å². The summed E-state index contributed by atoms with van der Waals surface area (Å²) in [4.78, 5) is 16.9. The molecule has 0 atom stereocenters. The number of aromatic nitrogens is 2. The van der Waals surface area contributed by atoms with Crippen LogP contribution in [-0.2, 0) is 17.8 Å². The Morgan fingerprint density at radius 3 is 2.71 bits per heavy atom. The van der Waals surface area contributed by atoms with Crippen molar-refractivity contribution >= 4 is 28.5 Å². The Kier molecular flexibility index (Phi) is 4.57. The lowest BCUT2D eigenvalue weighted by molar-refractivity contribution is -0.123. The number of para-hydroxylation sites is 1. The van der Waals surface area contributed by atoms with E-state index < -0.39 is 0 Å². The van der Waals surface area contributed by atoms with E-state index in [0.717, 1.165) is 22.4 Å². The molecule has 0 aliphatic rings. The summed E-state index contributed by atoms with van der Waals surface area (Å²) in [6.45, 7) is 8.23. The second kappa shape index (κ2) is 6.06. The maximum atomic E-state index is 12.2. The molecule has 0 aliphatic heterocycles. The van der Waals surface area contributed by atoms with Crippen molar-refractivity contribution in [1.82, 2.24) is 14.9 Å². The van der Waals surface area contributed by atoms with Crippen molar-refractivity contribution in [3.8, 4) is 0 Å². The quantitative estimate of drug-likeness (QED) is 0.883. The number of aryl methyl sites for hydroxylation is 2. The van der Waals surface area contributed by atoms with E-state index in [1.54, 1.807) is 0 Å². The summed E-state index contributed by atoms with van der Waals surface area (Å²) in [6, 6.07) is 5.99. The van der Waals surface area contributed by atoms with E-state index >= 15 is 0 Å². The van der Waals surface area contributed by atoms with Gasteiger partial charge in [0.25, 0.3) is 0 Å². The van der Waals surface area contributed by atoms with Gasteiger partial charge in [-0.3, -0.25) is 4.79 Å². The van der Waals surface area contributed by atoms with Gasteiger partial charge >= 0.3 is 0 Å². The van der Waals surface area contributed by atoms with Crippen LogP contribution in [0.1, 0.15) is 32.2 Å². The lowest BCUT2D eigenvalue weighted by Gasteiger charge is -2.21. The van der Waals surface area contributed by atoms with Gasteiger partial charge in [-0.25, -0.2) is 4.98 Å². The van der Waals surface area contributed by atoms with Crippen LogP contribution in [0.2, 0.25) is 0 Å². The third-order valence-electron chi connectivity index (χ3n) is 3.18. The molecule has 0 aliphatic carbocycles. The Morgan fingerprint density at radius 2 is 2.10 bits per heavy atom. The second-order valence-corrected chi connectivity index (χ2v) is 6.67. The summed E-state index contributed by atoms with van der Waals surface area (Å²) in [5, 5.41) is 2.99. The van der Waals surface area contributed by atoms with Gasteiger partial charge in [0.2, 0.25) is 5.91 Å². The van der Waals surface area contributed by atoms with Crippen molar-refractivity contribution in [1.29, 1.82) is 0 Å². The van der Waals surface area contributed by atoms with Crippen LogP contribution in [0.5, 0.6) is 0 Å². The van der Waals surface area contributed by atoms with Gasteiger partial charge in [0, 0.05) is 17.8 Å². The monoisotopic (exact) mass is 307 g/mol. The number of nitrogens with zero attached hydrogens (tertiary/aromatic N) is 2. The highest BCUT2D eigenvalue weighted by Crippen LogP contribution is 2.20. The number of rotatable bonds is 4. The van der Waals surface area contributed by atoms with Crippen molar-refractivity contribution in [2.24, 2.45) is 0 Å². The van der Waals surface area contributed by atoms with Gasteiger partial charge < -0.3 is 9.88 Å². The van der Waals surface area contributed by atoms with Crippen LogP contribution in [0.3, 0.4) is 0 Å². The molecule has 5 heteroatoms. The van der Waals surface area contributed by atoms with Gasteiger partial charge in [-0.2, -0.15) is 0 Å². The van der Waals surface area contributed by atoms with Gasteiger partial charge in [-0.05, 0) is 39.3 Å². The van der Waals surface area contributed by atoms with E-state index in [4.69, 9.17) is 11.6 Å². The molecule has 1 aromatic carbocycles. The third kappa shape index (κ3) is 3.76. The number of carbonyl (C=O) groups excluding carboxylic acids is 1. The average Bonchev–Trinajstić information content (AvgIpc) is 2.67. The molecular formula is C16H22ClN3O. The number of hydrogen-bond acceptors (Lipinski definition) is 2. The van der Waals surface area contributed by atoms with Crippen molar-refractivity contribution in [2.45, 2.75) is 46.2 Å². The lowest BCUT2D eigenvalue weighted by Crippen LogP contribution is -2.42. The minimum Gasteiger partial charge on any atom is -0.350 e. The molecule has 0 saturated carbocycles. The Bertz CT molecular complexity index is 655. The van der Waals surface area contributed by atoms with Gasteiger partial charge in [-0.1, -0.05) is 12.1 Å². The second-order valence-electron chi connectivity index (χ2n) is 6.29. The fourth-order valence-corrected chi connectivity index (χ4v) is 2.63. The number of benzene rings is 1. The number of carbonyl (C=O) groups is 1. The van der Waals surface area contributed by atoms with Crippen molar-refractivity contribution in [2.75, 3.05) is 5.88 Å². The Labute approximate surface area is 130 Å². The van der Waals surface area contributed by atoms with Gasteiger partial charge in [0.05, 0.1) is 11.0 Å². The van der Waals surface area contributed by atoms with Crippen LogP contribution >= 0.6 is 11.6 Å². The summed E-state index contributed by atoms with van der Waals surface area (Å²) >= 11 is 5.86. The van der Waals surface area contributed by atoms with Crippen molar-refractivity contribution < 1.29 is 4.79 Å². The van der Waals surface area contributed by atoms with E-state index in [0.29, 0.717) is 12.3 Å². The van der Waals surface area contributed by atoms with E-state index in [-0.39, 0.29) is 18.0 Å². The topological polar surface area (TPSA) is 46.9 Å². The molecule has 0 radical (unpaired) electrons. The normalized spacial score (nSPS) is 11.9. The van der Waals surface area contributed by atoms with Crippen LogP contribution in [-0.4, -0.2) is 26.9 Å². The SMILES string of the molecule is Cc1cccc2nc(CCCl)n(CC(=O)NC(C)(C)C)c12. The first-order valence-electron chi connectivity index (χ1n) is 7.13. The number of amides is 1. The zero-order chi connectivity index (χ0) is 15.6. The van der Waals surface area contributed by atoms with E-state index in [1.165, 1.54) is 0 Å². The number of imidazole rings is 1.